The van der Waals surface area contributed by atoms with Crippen LogP contribution in [0.1, 0.15) is 25.0 Å². The number of para-hydroxylation sites is 1. The molecule has 8 aromatic carbocycles. The zero-order chi connectivity index (χ0) is 35.5. The highest BCUT2D eigenvalue weighted by Gasteiger charge is 2.35. The minimum absolute atomic E-state index is 0.0650. The first-order chi connectivity index (χ1) is 26.1. The van der Waals surface area contributed by atoms with Gasteiger partial charge in [0.25, 0.3) is 0 Å². The molecule has 0 radical (unpaired) electrons. The topological polar surface area (TPSA) is 19.0 Å². The third-order valence-corrected chi connectivity index (χ3v) is 11.2. The number of benzene rings is 8. The summed E-state index contributed by atoms with van der Waals surface area (Å²) in [6, 6.07) is 68.5. The molecule has 1 aliphatic rings. The Kier molecular flexibility index (Phi) is 7.19. The Morgan fingerprint density at radius 1 is 0.415 bits per heavy atom. The summed E-state index contributed by atoms with van der Waals surface area (Å²) >= 11 is 0. The van der Waals surface area contributed by atoms with Gasteiger partial charge in [0.05, 0.1) is 11.2 Å². The van der Waals surface area contributed by atoms with Crippen molar-refractivity contribution >= 4 is 38.9 Å². The third kappa shape index (κ3) is 5.02. The van der Waals surface area contributed by atoms with Gasteiger partial charge in [0.2, 0.25) is 0 Å². The van der Waals surface area contributed by atoms with E-state index in [9.17, 15) is 0 Å². The van der Waals surface area contributed by atoms with E-state index in [4.69, 9.17) is 0 Å². The van der Waals surface area contributed by atoms with Crippen molar-refractivity contribution in [1.82, 2.24) is 4.98 Å². The van der Waals surface area contributed by atoms with Crippen molar-refractivity contribution in [2.24, 2.45) is 0 Å². The number of hydrogen-bond acceptors (Lipinski definition) is 1. The Labute approximate surface area is 310 Å². The lowest BCUT2D eigenvalue weighted by Crippen LogP contribution is -2.15. The van der Waals surface area contributed by atoms with Crippen LogP contribution >= 0.6 is 0 Å². The van der Waals surface area contributed by atoms with Gasteiger partial charge in [0.15, 0.2) is 0 Å². The molecular formula is C51H38N2. The van der Waals surface area contributed by atoms with Gasteiger partial charge >= 0.3 is 0 Å². The number of nitrogens with zero attached hydrogens (tertiary/aromatic N) is 1. The van der Waals surface area contributed by atoms with Gasteiger partial charge in [-0.05, 0) is 86.5 Å². The Morgan fingerprint density at radius 3 is 1.68 bits per heavy atom. The Morgan fingerprint density at radius 2 is 0.962 bits per heavy atom. The monoisotopic (exact) mass is 678 g/mol. The van der Waals surface area contributed by atoms with E-state index < -0.39 is 0 Å². The van der Waals surface area contributed by atoms with Crippen molar-refractivity contribution < 1.29 is 0 Å². The van der Waals surface area contributed by atoms with Crippen LogP contribution in [0, 0.1) is 0 Å². The minimum atomic E-state index is -0.0650. The van der Waals surface area contributed by atoms with Crippen LogP contribution in [0.25, 0.3) is 66.3 Å². The normalized spacial score (nSPS) is 12.9. The maximum Gasteiger partial charge on any atom is 0.0565 e. The molecule has 1 N–H and O–H groups in total. The average molecular weight is 679 g/mol. The number of aromatic nitrogens is 1. The average Bonchev–Trinajstić information content (AvgIpc) is 3.72. The molecule has 1 aromatic heterocycles. The molecule has 2 nitrogen and oxygen atoms in total. The molecule has 53 heavy (non-hydrogen) atoms. The lowest BCUT2D eigenvalue weighted by Gasteiger charge is -2.28. The van der Waals surface area contributed by atoms with E-state index in [1.54, 1.807) is 0 Å². The number of nitrogens with one attached hydrogen (secondary N) is 1. The van der Waals surface area contributed by atoms with Crippen LogP contribution in [0.4, 0.5) is 17.1 Å². The molecule has 0 aliphatic heterocycles. The number of hydrogen-bond donors (Lipinski definition) is 1. The van der Waals surface area contributed by atoms with Gasteiger partial charge in [-0.2, -0.15) is 0 Å². The van der Waals surface area contributed by atoms with Crippen molar-refractivity contribution in [2.45, 2.75) is 19.3 Å². The highest BCUT2D eigenvalue weighted by atomic mass is 15.1. The number of anilines is 3. The lowest BCUT2D eigenvalue weighted by atomic mass is 9.82. The Hall–Kier alpha value is -6.64. The summed E-state index contributed by atoms with van der Waals surface area (Å²) in [4.78, 5) is 6.29. The summed E-state index contributed by atoms with van der Waals surface area (Å²) in [5.41, 5.74) is 18.2. The molecule has 0 fully saturated rings. The third-order valence-electron chi connectivity index (χ3n) is 11.2. The van der Waals surface area contributed by atoms with Gasteiger partial charge in [0, 0.05) is 38.6 Å². The smallest absolute Gasteiger partial charge is 0.0565 e. The Balaban J connectivity index is 1.20. The summed E-state index contributed by atoms with van der Waals surface area (Å²) < 4.78 is 0. The van der Waals surface area contributed by atoms with E-state index in [1.807, 2.05) is 0 Å². The van der Waals surface area contributed by atoms with Crippen LogP contribution < -0.4 is 4.90 Å². The van der Waals surface area contributed by atoms with Crippen LogP contribution in [-0.4, -0.2) is 4.98 Å². The van der Waals surface area contributed by atoms with Crippen molar-refractivity contribution in [3.05, 3.63) is 199 Å². The van der Waals surface area contributed by atoms with Crippen LogP contribution in [0.3, 0.4) is 0 Å². The molecule has 9 aromatic rings. The minimum Gasteiger partial charge on any atom is -0.354 e. The molecule has 0 amide bonds. The zero-order valence-corrected chi connectivity index (χ0v) is 29.8. The van der Waals surface area contributed by atoms with Crippen molar-refractivity contribution in [1.29, 1.82) is 0 Å². The molecule has 2 heteroatoms. The maximum atomic E-state index is 3.83. The first-order valence-corrected chi connectivity index (χ1v) is 18.4. The summed E-state index contributed by atoms with van der Waals surface area (Å²) in [6.45, 7) is 4.69. The molecule has 252 valence electrons. The molecule has 0 spiro atoms. The number of H-pyrrole nitrogens is 1. The molecule has 10 rings (SSSR count). The molecule has 0 saturated carbocycles. The highest BCUT2D eigenvalue weighted by Crippen LogP contribution is 2.52. The quantitative estimate of drug-likeness (QED) is 0.185. The van der Waals surface area contributed by atoms with Gasteiger partial charge in [-0.25, -0.2) is 0 Å². The molecular weight excluding hydrogens is 641 g/mol. The van der Waals surface area contributed by atoms with Crippen LogP contribution in [0.5, 0.6) is 0 Å². The standard InChI is InChI=1S/C51H38N2/c1-51(2)45-23-13-11-21-42(45)44-33-38(29-31-46(44)51)53(37-27-25-36(26-28-37)40-20-10-9-19-39(40)34-15-5-3-6-16-34)48-32-30-41(35-17-7-4-8-18-35)50-49(48)43-22-12-14-24-47(43)52-50/h3-33,52H,1-2H3. The molecule has 1 heterocycles. The Bertz CT molecular complexity index is 2790. The second-order valence-corrected chi connectivity index (χ2v) is 14.6. The number of aromatic amines is 1. The van der Waals surface area contributed by atoms with Crippen molar-refractivity contribution in [3.63, 3.8) is 0 Å². The fourth-order valence-corrected chi connectivity index (χ4v) is 8.65. The van der Waals surface area contributed by atoms with E-state index in [0.717, 1.165) is 28.1 Å². The highest BCUT2D eigenvalue weighted by molar-refractivity contribution is 6.19. The summed E-state index contributed by atoms with van der Waals surface area (Å²) in [5.74, 6) is 0. The molecule has 1 aliphatic carbocycles. The van der Waals surface area contributed by atoms with Crippen molar-refractivity contribution in [2.75, 3.05) is 4.90 Å². The summed E-state index contributed by atoms with van der Waals surface area (Å²) in [5, 5.41) is 2.42. The van der Waals surface area contributed by atoms with Gasteiger partial charge in [-0.1, -0.05) is 166 Å². The fourth-order valence-electron chi connectivity index (χ4n) is 8.65. The van der Waals surface area contributed by atoms with E-state index in [1.165, 1.54) is 66.4 Å². The molecule has 0 unspecified atom stereocenters. The lowest BCUT2D eigenvalue weighted by molar-refractivity contribution is 0.660. The van der Waals surface area contributed by atoms with Gasteiger partial charge in [-0.15, -0.1) is 0 Å². The van der Waals surface area contributed by atoms with Gasteiger partial charge in [-0.3, -0.25) is 0 Å². The van der Waals surface area contributed by atoms with Crippen LogP contribution in [-0.2, 0) is 5.41 Å². The van der Waals surface area contributed by atoms with E-state index >= 15 is 0 Å². The van der Waals surface area contributed by atoms with Gasteiger partial charge in [0.1, 0.15) is 0 Å². The van der Waals surface area contributed by atoms with Crippen molar-refractivity contribution in [3.8, 4) is 44.5 Å². The van der Waals surface area contributed by atoms with Crippen LogP contribution in [0.15, 0.2) is 188 Å². The number of fused-ring (bicyclic) bond motifs is 6. The first kappa shape index (κ1) is 31.1. The first-order valence-electron chi connectivity index (χ1n) is 18.4. The molecule has 0 bridgehead atoms. The number of rotatable bonds is 6. The SMILES string of the molecule is CC1(C)c2ccccc2-c2cc(N(c3ccc(-c4ccccc4-c4ccccc4)cc3)c3ccc(-c4ccccc4)c4[nH]c5ccccc5c34)ccc21. The predicted molar refractivity (Wildman–Crippen MR) is 224 cm³/mol. The second-order valence-electron chi connectivity index (χ2n) is 14.6. The molecule has 0 atom stereocenters. The fraction of sp³-hybridized carbons (Fsp3) is 0.0588. The van der Waals surface area contributed by atoms with E-state index in [-0.39, 0.29) is 5.41 Å². The summed E-state index contributed by atoms with van der Waals surface area (Å²) in [7, 11) is 0. The van der Waals surface area contributed by atoms with Crippen LogP contribution in [0.2, 0.25) is 0 Å². The predicted octanol–water partition coefficient (Wildman–Crippen LogP) is 14.1. The second kappa shape index (κ2) is 12.3. The molecule has 0 saturated heterocycles. The maximum absolute atomic E-state index is 3.83. The van der Waals surface area contributed by atoms with E-state index in [0.29, 0.717) is 0 Å². The summed E-state index contributed by atoms with van der Waals surface area (Å²) in [6.07, 6.45) is 0. The van der Waals surface area contributed by atoms with Gasteiger partial charge < -0.3 is 9.88 Å². The zero-order valence-electron chi connectivity index (χ0n) is 29.8. The van der Waals surface area contributed by atoms with E-state index in [2.05, 4.69) is 212 Å². The largest absolute Gasteiger partial charge is 0.354 e.